The number of nitrogens with zero attached hydrogens (tertiary/aromatic N) is 1. The van der Waals surface area contributed by atoms with Crippen LogP contribution < -0.4 is 4.74 Å². The van der Waals surface area contributed by atoms with Gasteiger partial charge >= 0.3 is 0 Å². The number of quaternary nitrogens is 1. The van der Waals surface area contributed by atoms with Gasteiger partial charge in [-0.15, -0.1) is 0 Å². The van der Waals surface area contributed by atoms with E-state index < -0.39 is 8.07 Å². The lowest BCUT2D eigenvalue weighted by molar-refractivity contribution is -0.894. The summed E-state index contributed by atoms with van der Waals surface area (Å²) in [4.78, 5) is 0. The first kappa shape index (κ1) is 14.3. The first-order valence-electron chi connectivity index (χ1n) is 6.17. The minimum absolute atomic E-state index is 1.01. The zero-order valence-corrected chi connectivity index (χ0v) is 13.1. The summed E-state index contributed by atoms with van der Waals surface area (Å²) in [5.41, 5.74) is 1.30. The molecule has 0 radical (unpaired) electrons. The van der Waals surface area contributed by atoms with Crippen LogP contribution in [0, 0.1) is 0 Å². The number of methoxy groups -OCH3 is 1. The Hall–Kier alpha value is -0.803. The fraction of sp³-hybridized carbons (Fsp3) is 0.571. The van der Waals surface area contributed by atoms with Gasteiger partial charge < -0.3 is 9.22 Å². The maximum atomic E-state index is 5.42. The summed E-state index contributed by atoms with van der Waals surface area (Å²) < 4.78 is 6.46. The number of rotatable bonds is 5. The Bertz CT molecular complexity index is 369. The molecule has 0 atom stereocenters. The van der Waals surface area contributed by atoms with Gasteiger partial charge in [0.2, 0.25) is 0 Å². The van der Waals surface area contributed by atoms with Crippen molar-refractivity contribution in [1.29, 1.82) is 0 Å². The molecule has 1 rings (SSSR count). The van der Waals surface area contributed by atoms with Crippen molar-refractivity contribution in [3.63, 3.8) is 0 Å². The predicted molar refractivity (Wildman–Crippen MR) is 77.0 cm³/mol. The Balaban J connectivity index is 2.82. The molecule has 0 saturated heterocycles. The van der Waals surface area contributed by atoms with Gasteiger partial charge in [-0.1, -0.05) is 31.8 Å². The van der Waals surface area contributed by atoms with Gasteiger partial charge in [-0.3, -0.25) is 0 Å². The van der Waals surface area contributed by atoms with E-state index >= 15 is 0 Å². The number of hydrogen-bond donors (Lipinski definition) is 0. The van der Waals surface area contributed by atoms with Gasteiger partial charge in [0.15, 0.2) is 0 Å². The highest BCUT2D eigenvalue weighted by Crippen LogP contribution is 2.22. The number of benzene rings is 1. The van der Waals surface area contributed by atoms with Gasteiger partial charge in [0, 0.05) is 5.56 Å². The van der Waals surface area contributed by atoms with Gasteiger partial charge in [0.1, 0.15) is 20.4 Å². The van der Waals surface area contributed by atoms with E-state index in [0.717, 1.165) is 16.8 Å². The van der Waals surface area contributed by atoms with Crippen molar-refractivity contribution in [3.8, 4) is 5.75 Å². The van der Waals surface area contributed by atoms with Crippen molar-refractivity contribution in [3.05, 3.63) is 29.8 Å². The Labute approximate surface area is 107 Å². The maximum Gasteiger partial charge on any atom is 0.127 e. The molecule has 0 bridgehead atoms. The Morgan fingerprint density at radius 3 is 2.24 bits per heavy atom. The molecule has 2 nitrogen and oxygen atoms in total. The molecule has 0 aliphatic heterocycles. The van der Waals surface area contributed by atoms with Crippen molar-refractivity contribution >= 4 is 8.07 Å². The molecule has 0 saturated carbocycles. The van der Waals surface area contributed by atoms with Crippen molar-refractivity contribution in [1.82, 2.24) is 0 Å². The molecule has 1 aromatic carbocycles. The molecular formula is C14H26NOSi+. The minimum Gasteiger partial charge on any atom is -0.496 e. The monoisotopic (exact) mass is 252 g/mol. The largest absolute Gasteiger partial charge is 0.496 e. The van der Waals surface area contributed by atoms with Crippen LogP contribution >= 0.6 is 0 Å². The third kappa shape index (κ3) is 4.92. The summed E-state index contributed by atoms with van der Waals surface area (Å²) in [6, 6.07) is 8.33. The normalized spacial score (nSPS) is 12.6. The van der Waals surface area contributed by atoms with Crippen LogP contribution in [0.1, 0.15) is 5.56 Å². The maximum absolute atomic E-state index is 5.42. The molecule has 0 spiro atoms. The fourth-order valence-electron chi connectivity index (χ4n) is 2.63. The van der Waals surface area contributed by atoms with Crippen LogP contribution in [0.3, 0.4) is 0 Å². The smallest absolute Gasteiger partial charge is 0.127 e. The fourth-order valence-corrected chi connectivity index (χ4v) is 5.31. The third-order valence-electron chi connectivity index (χ3n) is 2.69. The van der Waals surface area contributed by atoms with E-state index in [9.17, 15) is 0 Å². The average molecular weight is 252 g/mol. The lowest BCUT2D eigenvalue weighted by Gasteiger charge is -2.35. The summed E-state index contributed by atoms with van der Waals surface area (Å²) in [6.07, 6.45) is 1.28. The van der Waals surface area contributed by atoms with E-state index in [-0.39, 0.29) is 0 Å². The van der Waals surface area contributed by atoms with E-state index in [1.54, 1.807) is 7.11 Å². The second kappa shape index (κ2) is 5.23. The van der Waals surface area contributed by atoms with E-state index in [0.29, 0.717) is 0 Å². The molecule has 0 aliphatic rings. The highest BCUT2D eigenvalue weighted by molar-refractivity contribution is 6.75. The zero-order valence-electron chi connectivity index (χ0n) is 12.1. The zero-order chi connectivity index (χ0) is 13.1. The summed E-state index contributed by atoms with van der Waals surface area (Å²) >= 11 is 0. The average Bonchev–Trinajstić information content (AvgIpc) is 2.14. The number of para-hydroxylation sites is 1. The highest BCUT2D eigenvalue weighted by atomic mass is 28.3. The van der Waals surface area contributed by atoms with Crippen LogP contribution in [0.2, 0.25) is 19.6 Å². The first-order chi connectivity index (χ1) is 7.73. The minimum atomic E-state index is -1.04. The topological polar surface area (TPSA) is 9.23 Å². The van der Waals surface area contributed by atoms with Crippen LogP contribution in [0.25, 0.3) is 0 Å². The third-order valence-corrected chi connectivity index (χ3v) is 4.50. The quantitative estimate of drug-likeness (QED) is 0.578. The van der Waals surface area contributed by atoms with Crippen LogP contribution in [0.15, 0.2) is 24.3 Å². The van der Waals surface area contributed by atoms with E-state index in [2.05, 4.69) is 45.9 Å². The molecule has 17 heavy (non-hydrogen) atoms. The van der Waals surface area contributed by atoms with Crippen molar-refractivity contribution in [2.75, 3.05) is 27.4 Å². The molecule has 1 aromatic rings. The summed E-state index contributed by atoms with van der Waals surface area (Å²) in [5.74, 6) is 1.01. The first-order valence-corrected chi connectivity index (χ1v) is 9.88. The Morgan fingerprint density at radius 1 is 1.12 bits per heavy atom. The van der Waals surface area contributed by atoms with E-state index in [1.807, 2.05) is 12.1 Å². The van der Waals surface area contributed by atoms with E-state index in [1.165, 1.54) is 11.7 Å². The van der Waals surface area contributed by atoms with Crippen LogP contribution in [-0.2, 0) is 6.54 Å². The number of hydrogen-bond acceptors (Lipinski definition) is 1. The van der Waals surface area contributed by atoms with Gasteiger partial charge in [-0.2, -0.15) is 0 Å². The van der Waals surface area contributed by atoms with E-state index in [4.69, 9.17) is 4.74 Å². The van der Waals surface area contributed by atoms with Crippen molar-refractivity contribution < 1.29 is 9.22 Å². The standard InChI is InChI=1S/C14H26NOSi/c1-15(2,12-17(4,5)6)11-13-9-7-8-10-14(13)16-3/h7-10H,11-12H2,1-6H3/q+1. The lowest BCUT2D eigenvalue weighted by Crippen LogP contribution is -2.49. The molecule has 96 valence electrons. The molecule has 3 heteroatoms. The highest BCUT2D eigenvalue weighted by Gasteiger charge is 2.27. The van der Waals surface area contributed by atoms with Crippen molar-refractivity contribution in [2.24, 2.45) is 0 Å². The predicted octanol–water partition coefficient (Wildman–Crippen LogP) is 3.15. The SMILES string of the molecule is COc1ccccc1C[N+](C)(C)C[Si](C)(C)C. The molecule has 0 unspecified atom stereocenters. The molecule has 0 aliphatic carbocycles. The molecule has 0 N–H and O–H groups in total. The molecule has 0 amide bonds. The lowest BCUT2D eigenvalue weighted by atomic mass is 10.2. The second-order valence-electron chi connectivity index (χ2n) is 6.62. The van der Waals surface area contributed by atoms with Crippen molar-refractivity contribution in [2.45, 2.75) is 26.2 Å². The summed E-state index contributed by atoms with van der Waals surface area (Å²) in [7, 11) is 5.33. The van der Waals surface area contributed by atoms with Crippen LogP contribution in [0.5, 0.6) is 5.75 Å². The van der Waals surface area contributed by atoms with Gasteiger partial charge in [-0.05, 0) is 12.1 Å². The Kier molecular flexibility index (Phi) is 4.39. The van der Waals surface area contributed by atoms with Crippen LogP contribution in [-0.4, -0.2) is 39.9 Å². The van der Waals surface area contributed by atoms with Gasteiger partial charge in [-0.25, -0.2) is 0 Å². The van der Waals surface area contributed by atoms with Gasteiger partial charge in [0.05, 0.1) is 27.4 Å². The second-order valence-corrected chi connectivity index (χ2v) is 12.1. The molecule has 0 heterocycles. The molecular weight excluding hydrogens is 226 g/mol. The summed E-state index contributed by atoms with van der Waals surface area (Å²) in [6.45, 7) is 8.31. The molecule has 0 aromatic heterocycles. The molecule has 0 fully saturated rings. The van der Waals surface area contributed by atoms with Crippen LogP contribution in [0.4, 0.5) is 0 Å². The van der Waals surface area contributed by atoms with Gasteiger partial charge in [0.25, 0.3) is 0 Å². The number of ether oxygens (including phenoxy) is 1. The Morgan fingerprint density at radius 2 is 1.71 bits per heavy atom. The summed E-state index contributed by atoms with van der Waals surface area (Å²) in [5, 5.41) is 0.